The number of Topliss-reactive ketones (excluding diaryl/α,β-unsaturated/α-hetero) is 1. The fourth-order valence-corrected chi connectivity index (χ4v) is 15.4. The highest BCUT2D eigenvalue weighted by Crippen LogP contribution is 2.31. The number of methoxy groups -OCH3 is 1. The lowest BCUT2D eigenvalue weighted by Crippen LogP contribution is -2.50. The van der Waals surface area contributed by atoms with Gasteiger partial charge in [-0.3, -0.25) is 4.79 Å². The van der Waals surface area contributed by atoms with E-state index in [1.807, 2.05) is 13.0 Å². The van der Waals surface area contributed by atoms with Gasteiger partial charge >= 0.3 is 0 Å². The number of aliphatic hydroxyl groups excluding tert-OH is 1. The Labute approximate surface area is 300 Å². The Hall–Kier alpha value is -0.659. The molecule has 0 rings (SSSR count). The van der Waals surface area contributed by atoms with E-state index < -0.39 is 37.2 Å². The summed E-state index contributed by atoms with van der Waals surface area (Å²) < 4.78 is 26.7. The fourth-order valence-electron chi connectivity index (χ4n) is 6.77. The third kappa shape index (κ3) is 14.5. The molecule has 0 saturated carbocycles. The van der Waals surface area contributed by atoms with E-state index >= 15 is 0 Å². The smallest absolute Gasteiger partial charge is 0.193 e. The van der Waals surface area contributed by atoms with Crippen molar-refractivity contribution in [3.05, 3.63) is 36.5 Å². The molecule has 0 saturated heterocycles. The number of hydrogen-bond donors (Lipinski definition) is 1. The molecule has 1 N–H and O–H groups in total. The van der Waals surface area contributed by atoms with Crippen molar-refractivity contribution in [2.75, 3.05) is 7.11 Å². The van der Waals surface area contributed by atoms with Crippen molar-refractivity contribution < 1.29 is 27.9 Å². The standard InChI is InChI=1S/C39H78O6Si3/c1-15-33(13)36(43-46(17-3,18-4)19-5)30-29-32(12)27-26-28-37(44-47(20-6,21-7)22-8)38(42-14)31-35(41)39(34(40)16-2)45-48(23-9,24-10)25-11/h15,27,29-30,33,35-39,41H,1,16-26,28,31H2,2-14H3/b30-29+,32-27+/t33-,35+,36+,37+,38+,39+/m1/s1. The van der Waals surface area contributed by atoms with Crippen LogP contribution in [0.4, 0.5) is 0 Å². The van der Waals surface area contributed by atoms with Crippen LogP contribution in [0.2, 0.25) is 54.4 Å². The molecule has 0 aromatic carbocycles. The van der Waals surface area contributed by atoms with Crippen LogP contribution in [0.3, 0.4) is 0 Å². The van der Waals surface area contributed by atoms with Gasteiger partial charge in [0.25, 0.3) is 0 Å². The van der Waals surface area contributed by atoms with E-state index in [9.17, 15) is 9.90 Å². The molecule has 0 radical (unpaired) electrons. The molecule has 48 heavy (non-hydrogen) atoms. The lowest BCUT2D eigenvalue weighted by atomic mass is 9.97. The van der Waals surface area contributed by atoms with Crippen molar-refractivity contribution in [2.24, 2.45) is 5.92 Å². The van der Waals surface area contributed by atoms with Crippen LogP contribution in [0.15, 0.2) is 36.5 Å². The van der Waals surface area contributed by atoms with E-state index in [0.717, 1.165) is 67.2 Å². The van der Waals surface area contributed by atoms with Crippen LogP contribution in [-0.4, -0.2) is 73.5 Å². The van der Waals surface area contributed by atoms with Crippen molar-refractivity contribution in [3.63, 3.8) is 0 Å². The van der Waals surface area contributed by atoms with Gasteiger partial charge in [-0.2, -0.15) is 0 Å². The maximum atomic E-state index is 13.2. The zero-order valence-corrected chi connectivity index (χ0v) is 36.7. The summed E-state index contributed by atoms with van der Waals surface area (Å²) in [6.07, 6.45) is 8.67. The number of rotatable bonds is 29. The Kier molecular flexibility index (Phi) is 24.2. The molecular formula is C39H78O6Si3. The second-order valence-corrected chi connectivity index (χ2v) is 28.1. The predicted octanol–water partition coefficient (Wildman–Crippen LogP) is 11.0. The molecule has 0 fully saturated rings. The number of aliphatic hydroxyl groups is 1. The zero-order valence-electron chi connectivity index (χ0n) is 33.7. The summed E-state index contributed by atoms with van der Waals surface area (Å²) >= 11 is 0. The van der Waals surface area contributed by atoms with Crippen LogP contribution < -0.4 is 0 Å². The third-order valence-corrected chi connectivity index (χ3v) is 25.5. The quantitative estimate of drug-likeness (QED) is 0.0470. The molecule has 0 heterocycles. The van der Waals surface area contributed by atoms with Gasteiger partial charge in [-0.05, 0) is 74.2 Å². The second-order valence-electron chi connectivity index (χ2n) is 13.9. The normalized spacial score (nSPS) is 17.2. The summed E-state index contributed by atoms with van der Waals surface area (Å²) in [5.74, 6) is 0.205. The van der Waals surface area contributed by atoms with Crippen LogP contribution >= 0.6 is 0 Å². The van der Waals surface area contributed by atoms with Gasteiger partial charge in [0.05, 0.1) is 24.4 Å². The first-order valence-corrected chi connectivity index (χ1v) is 27.1. The highest BCUT2D eigenvalue weighted by molar-refractivity contribution is 6.74. The van der Waals surface area contributed by atoms with Gasteiger partial charge in [0, 0.05) is 25.9 Å². The van der Waals surface area contributed by atoms with Gasteiger partial charge in [-0.15, -0.1) is 6.58 Å². The molecule has 6 atom stereocenters. The highest BCUT2D eigenvalue weighted by Gasteiger charge is 2.41. The molecule has 0 unspecified atom stereocenters. The van der Waals surface area contributed by atoms with Crippen LogP contribution in [0.5, 0.6) is 0 Å². The van der Waals surface area contributed by atoms with E-state index in [2.05, 4.69) is 101 Å². The molecule has 6 nitrogen and oxygen atoms in total. The minimum atomic E-state index is -2.12. The Morgan fingerprint density at radius 1 is 0.750 bits per heavy atom. The van der Waals surface area contributed by atoms with Gasteiger partial charge in [0.1, 0.15) is 6.10 Å². The first-order chi connectivity index (χ1) is 22.8. The number of carbonyl (C=O) groups excluding carboxylic acids is 1. The summed E-state index contributed by atoms with van der Waals surface area (Å²) in [4.78, 5) is 13.2. The van der Waals surface area contributed by atoms with E-state index in [-0.39, 0.29) is 30.0 Å². The monoisotopic (exact) mass is 727 g/mol. The van der Waals surface area contributed by atoms with Crippen LogP contribution in [0.25, 0.3) is 0 Å². The minimum Gasteiger partial charge on any atom is -0.411 e. The maximum Gasteiger partial charge on any atom is 0.193 e. The lowest BCUT2D eigenvalue weighted by Gasteiger charge is -2.39. The SMILES string of the molecule is C=C[C@@H](C)[C@H](/C=C/C(C)=C/CC[C@H](O[Si](CC)(CC)CC)[C@H](C[C@H](O)[C@@H](O[Si](CC)(CC)CC)C(=O)CC)OC)O[Si](CC)(CC)CC. The summed E-state index contributed by atoms with van der Waals surface area (Å²) in [5, 5.41) is 11.6. The molecule has 0 aliphatic carbocycles. The van der Waals surface area contributed by atoms with Gasteiger partial charge in [0.2, 0.25) is 0 Å². The van der Waals surface area contributed by atoms with Crippen LogP contribution in [0.1, 0.15) is 109 Å². The van der Waals surface area contributed by atoms with Crippen molar-refractivity contribution in [1.29, 1.82) is 0 Å². The molecule has 0 aliphatic heterocycles. The lowest BCUT2D eigenvalue weighted by molar-refractivity contribution is -0.133. The molecular weight excluding hydrogens is 649 g/mol. The fraction of sp³-hybridized carbons (Fsp3) is 0.821. The molecule has 9 heteroatoms. The molecule has 0 bridgehead atoms. The minimum absolute atomic E-state index is 0.0222. The topological polar surface area (TPSA) is 74.2 Å². The number of hydrogen-bond acceptors (Lipinski definition) is 6. The molecule has 0 aromatic heterocycles. The van der Waals surface area contributed by atoms with Gasteiger partial charge in [0.15, 0.2) is 30.7 Å². The van der Waals surface area contributed by atoms with Crippen molar-refractivity contribution >= 4 is 30.7 Å². The van der Waals surface area contributed by atoms with Crippen molar-refractivity contribution in [1.82, 2.24) is 0 Å². The Morgan fingerprint density at radius 2 is 1.21 bits per heavy atom. The number of ketones is 1. The molecule has 282 valence electrons. The molecule has 0 aliphatic rings. The van der Waals surface area contributed by atoms with Gasteiger partial charge in [-0.25, -0.2) is 0 Å². The van der Waals surface area contributed by atoms with Crippen LogP contribution in [0, 0.1) is 5.92 Å². The average Bonchev–Trinajstić information content (AvgIpc) is 3.12. The largest absolute Gasteiger partial charge is 0.411 e. The maximum absolute atomic E-state index is 13.2. The van der Waals surface area contributed by atoms with Crippen molar-refractivity contribution in [2.45, 2.75) is 194 Å². The summed E-state index contributed by atoms with van der Waals surface area (Å²) in [7, 11) is -4.17. The molecule has 0 aromatic rings. The van der Waals surface area contributed by atoms with Gasteiger partial charge in [-0.1, -0.05) is 106 Å². The zero-order chi connectivity index (χ0) is 37.0. The molecule has 0 amide bonds. The molecule has 0 spiro atoms. The predicted molar refractivity (Wildman–Crippen MR) is 214 cm³/mol. The average molecular weight is 727 g/mol. The summed E-state index contributed by atoms with van der Waals surface area (Å²) in [6, 6.07) is 9.24. The van der Waals surface area contributed by atoms with E-state index in [1.54, 1.807) is 7.11 Å². The van der Waals surface area contributed by atoms with E-state index in [4.69, 9.17) is 18.0 Å². The van der Waals surface area contributed by atoms with Crippen LogP contribution in [-0.2, 0) is 22.8 Å². The third-order valence-electron chi connectivity index (χ3n) is 11.5. The van der Waals surface area contributed by atoms with E-state index in [0.29, 0.717) is 12.8 Å². The number of ether oxygens (including phenoxy) is 1. The van der Waals surface area contributed by atoms with Crippen molar-refractivity contribution in [3.8, 4) is 0 Å². The second kappa shape index (κ2) is 24.5. The Morgan fingerprint density at radius 3 is 1.62 bits per heavy atom. The summed E-state index contributed by atoms with van der Waals surface area (Å²) in [6.45, 7) is 30.2. The Balaban J connectivity index is 6.27. The first kappa shape index (κ1) is 47.3. The number of carbonyl (C=O) groups is 1. The number of allylic oxidation sites excluding steroid dienone is 3. The first-order valence-electron chi connectivity index (χ1n) is 19.5. The summed E-state index contributed by atoms with van der Waals surface area (Å²) in [5.41, 5.74) is 1.19. The Bertz CT molecular complexity index is 917. The van der Waals surface area contributed by atoms with E-state index in [1.165, 1.54) is 5.57 Å². The highest BCUT2D eigenvalue weighted by atomic mass is 28.4. The van der Waals surface area contributed by atoms with Gasteiger partial charge < -0.3 is 23.1 Å².